The standard InChI is InChI=1S/C16H13Br2NO4/c17-12-8-5-9(13(12)18)11-10(8)14(20)19(15(11)21)7-3-1-2-6(4-7)16(22)23/h1-4,8-13H,5H2,(H,22,23)/t8-,9+,10+,11-,12-,13-/m0/s1. The van der Waals surface area contributed by atoms with Gasteiger partial charge in [0, 0.05) is 9.65 Å². The number of amides is 2. The van der Waals surface area contributed by atoms with Gasteiger partial charge in [-0.25, -0.2) is 4.79 Å². The minimum Gasteiger partial charge on any atom is -0.478 e. The van der Waals surface area contributed by atoms with E-state index in [9.17, 15) is 14.4 Å². The molecule has 1 aromatic carbocycles. The lowest BCUT2D eigenvalue weighted by molar-refractivity contribution is -0.123. The smallest absolute Gasteiger partial charge is 0.335 e. The molecule has 2 aliphatic carbocycles. The SMILES string of the molecule is O=C(O)c1cccc(N2C(=O)[C@@H]3[C@@H]4C[C@@H]([C@H](Br)[C@H]4Br)[C@@H]3C2=O)c1. The summed E-state index contributed by atoms with van der Waals surface area (Å²) in [6.45, 7) is 0. The van der Waals surface area contributed by atoms with Gasteiger partial charge in [-0.05, 0) is 36.5 Å². The zero-order valence-electron chi connectivity index (χ0n) is 11.9. The fourth-order valence-electron chi connectivity index (χ4n) is 4.38. The number of rotatable bonds is 2. The lowest BCUT2D eigenvalue weighted by Crippen LogP contribution is -2.37. The maximum atomic E-state index is 12.8. The summed E-state index contributed by atoms with van der Waals surface area (Å²) >= 11 is 7.29. The molecule has 4 rings (SSSR count). The minimum absolute atomic E-state index is 0.0693. The van der Waals surface area contributed by atoms with Crippen molar-refractivity contribution in [2.24, 2.45) is 23.7 Å². The quantitative estimate of drug-likeness (QED) is 0.564. The number of aromatic carboxylic acids is 1. The van der Waals surface area contributed by atoms with Gasteiger partial charge in [0.1, 0.15) is 0 Å². The van der Waals surface area contributed by atoms with Crippen LogP contribution in [0.25, 0.3) is 0 Å². The van der Waals surface area contributed by atoms with E-state index in [2.05, 4.69) is 31.9 Å². The molecule has 120 valence electrons. The van der Waals surface area contributed by atoms with Crippen molar-refractivity contribution < 1.29 is 19.5 Å². The number of imide groups is 1. The zero-order chi connectivity index (χ0) is 16.5. The first-order valence-corrected chi connectivity index (χ1v) is 9.24. The Kier molecular flexibility index (Phi) is 3.43. The highest BCUT2D eigenvalue weighted by Crippen LogP contribution is 2.60. The van der Waals surface area contributed by atoms with Crippen LogP contribution in [0.15, 0.2) is 24.3 Å². The largest absolute Gasteiger partial charge is 0.478 e. The predicted octanol–water partition coefficient (Wildman–Crippen LogP) is 2.67. The molecule has 0 radical (unpaired) electrons. The number of anilines is 1. The molecule has 23 heavy (non-hydrogen) atoms. The van der Waals surface area contributed by atoms with E-state index in [1.807, 2.05) is 0 Å². The van der Waals surface area contributed by atoms with Crippen molar-refractivity contribution in [3.63, 3.8) is 0 Å². The Hall–Kier alpha value is -1.21. The van der Waals surface area contributed by atoms with Crippen LogP contribution in [0.3, 0.4) is 0 Å². The maximum absolute atomic E-state index is 12.8. The fourth-order valence-corrected chi connectivity index (χ4v) is 6.25. The second-order valence-corrected chi connectivity index (χ2v) is 8.49. The van der Waals surface area contributed by atoms with Crippen LogP contribution >= 0.6 is 31.9 Å². The molecular formula is C16H13Br2NO4. The Labute approximate surface area is 149 Å². The highest BCUT2D eigenvalue weighted by atomic mass is 79.9. The van der Waals surface area contributed by atoms with E-state index < -0.39 is 5.97 Å². The number of hydrogen-bond acceptors (Lipinski definition) is 3. The number of carboxylic acid groups (broad SMARTS) is 1. The molecule has 2 bridgehead atoms. The van der Waals surface area contributed by atoms with Gasteiger partial charge in [0.2, 0.25) is 11.8 Å². The summed E-state index contributed by atoms with van der Waals surface area (Å²) in [4.78, 5) is 38.4. The molecule has 3 aliphatic rings. The molecule has 3 fully saturated rings. The van der Waals surface area contributed by atoms with Gasteiger partial charge in [0.15, 0.2) is 0 Å². The minimum atomic E-state index is -1.08. The van der Waals surface area contributed by atoms with Crippen LogP contribution < -0.4 is 4.90 Å². The molecule has 7 heteroatoms. The Morgan fingerprint density at radius 2 is 1.65 bits per heavy atom. The fraction of sp³-hybridized carbons (Fsp3) is 0.438. The number of carboxylic acids is 1. The van der Waals surface area contributed by atoms with Crippen LogP contribution in [0, 0.1) is 23.7 Å². The molecule has 0 unspecified atom stereocenters. The first kappa shape index (κ1) is 15.3. The Bertz CT molecular complexity index is 705. The lowest BCUT2D eigenvalue weighted by Gasteiger charge is -2.28. The third-order valence-corrected chi connectivity index (χ3v) is 8.55. The van der Waals surface area contributed by atoms with Crippen molar-refractivity contribution in [2.45, 2.75) is 16.1 Å². The van der Waals surface area contributed by atoms with E-state index in [0.717, 1.165) is 6.42 Å². The molecule has 0 spiro atoms. The number of carbonyl (C=O) groups is 3. The van der Waals surface area contributed by atoms with Crippen molar-refractivity contribution in [1.29, 1.82) is 0 Å². The van der Waals surface area contributed by atoms with Crippen LogP contribution in [-0.2, 0) is 9.59 Å². The highest BCUT2D eigenvalue weighted by Gasteiger charge is 2.66. The summed E-state index contributed by atoms with van der Waals surface area (Å²) in [5, 5.41) is 9.11. The van der Waals surface area contributed by atoms with Crippen molar-refractivity contribution >= 4 is 55.3 Å². The summed E-state index contributed by atoms with van der Waals surface area (Å²) in [5.74, 6) is -1.75. The van der Waals surface area contributed by atoms with Crippen molar-refractivity contribution in [2.75, 3.05) is 4.90 Å². The first-order chi connectivity index (χ1) is 10.9. The third-order valence-electron chi connectivity index (χ3n) is 5.34. The van der Waals surface area contributed by atoms with E-state index in [1.165, 1.54) is 17.0 Å². The maximum Gasteiger partial charge on any atom is 0.335 e. The second-order valence-electron chi connectivity index (χ2n) is 6.37. The molecule has 1 aliphatic heterocycles. The average Bonchev–Trinajstić information content (AvgIpc) is 3.12. The Morgan fingerprint density at radius 1 is 1.09 bits per heavy atom. The van der Waals surface area contributed by atoms with Gasteiger partial charge in [0.05, 0.1) is 23.1 Å². The number of carbonyl (C=O) groups excluding carboxylic acids is 2. The lowest BCUT2D eigenvalue weighted by atomic mass is 9.81. The van der Waals surface area contributed by atoms with Crippen LogP contribution in [0.2, 0.25) is 0 Å². The zero-order valence-corrected chi connectivity index (χ0v) is 15.0. The summed E-state index contributed by atoms with van der Waals surface area (Å²) in [6.07, 6.45) is 0.877. The second kappa shape index (κ2) is 5.14. The number of halogens is 2. The van der Waals surface area contributed by atoms with Gasteiger partial charge in [-0.3, -0.25) is 14.5 Å². The van der Waals surface area contributed by atoms with Gasteiger partial charge in [-0.1, -0.05) is 37.9 Å². The van der Waals surface area contributed by atoms with Crippen molar-refractivity contribution in [3.8, 4) is 0 Å². The van der Waals surface area contributed by atoms with Crippen LogP contribution in [-0.4, -0.2) is 32.5 Å². The van der Waals surface area contributed by atoms with Crippen molar-refractivity contribution in [3.05, 3.63) is 29.8 Å². The van der Waals surface area contributed by atoms with E-state index in [1.54, 1.807) is 12.1 Å². The number of alkyl halides is 2. The Morgan fingerprint density at radius 3 is 2.17 bits per heavy atom. The number of benzene rings is 1. The van der Waals surface area contributed by atoms with Crippen LogP contribution in [0.5, 0.6) is 0 Å². The van der Waals surface area contributed by atoms with Crippen LogP contribution in [0.1, 0.15) is 16.8 Å². The van der Waals surface area contributed by atoms with E-state index in [4.69, 9.17) is 5.11 Å². The topological polar surface area (TPSA) is 74.7 Å². The van der Waals surface area contributed by atoms with Gasteiger partial charge < -0.3 is 5.11 Å². The summed E-state index contributed by atoms with van der Waals surface area (Å²) in [6, 6.07) is 6.01. The van der Waals surface area contributed by atoms with E-state index in [0.29, 0.717) is 5.69 Å². The summed E-state index contributed by atoms with van der Waals surface area (Å²) in [5.41, 5.74) is 0.422. The monoisotopic (exact) mass is 441 g/mol. The molecule has 1 saturated heterocycles. The van der Waals surface area contributed by atoms with Gasteiger partial charge >= 0.3 is 5.97 Å². The third kappa shape index (κ3) is 1.99. The number of nitrogens with zero attached hydrogens (tertiary/aromatic N) is 1. The van der Waals surface area contributed by atoms with E-state index in [-0.39, 0.29) is 50.7 Å². The predicted molar refractivity (Wildman–Crippen MR) is 89.9 cm³/mol. The van der Waals surface area contributed by atoms with Gasteiger partial charge in [-0.15, -0.1) is 0 Å². The molecule has 6 atom stereocenters. The summed E-state index contributed by atoms with van der Waals surface area (Å²) < 4.78 is 0. The van der Waals surface area contributed by atoms with Crippen LogP contribution in [0.4, 0.5) is 5.69 Å². The Balaban J connectivity index is 1.73. The molecule has 1 N–H and O–H groups in total. The van der Waals surface area contributed by atoms with Crippen molar-refractivity contribution in [1.82, 2.24) is 0 Å². The highest BCUT2D eigenvalue weighted by molar-refractivity contribution is 9.12. The molecule has 5 nitrogen and oxygen atoms in total. The molecule has 2 saturated carbocycles. The molecule has 1 aromatic rings. The van der Waals surface area contributed by atoms with E-state index >= 15 is 0 Å². The molecule has 1 heterocycles. The number of fused-ring (bicyclic) bond motifs is 5. The molecular weight excluding hydrogens is 430 g/mol. The normalized spacial score (nSPS) is 38.3. The number of hydrogen-bond donors (Lipinski definition) is 1. The molecule has 0 aromatic heterocycles. The van der Waals surface area contributed by atoms with Gasteiger partial charge in [0.25, 0.3) is 0 Å². The average molecular weight is 443 g/mol. The molecule has 2 amide bonds. The first-order valence-electron chi connectivity index (χ1n) is 7.41. The summed E-state index contributed by atoms with van der Waals surface area (Å²) in [7, 11) is 0. The van der Waals surface area contributed by atoms with Gasteiger partial charge in [-0.2, -0.15) is 0 Å².